The van der Waals surface area contributed by atoms with Gasteiger partial charge >= 0.3 is 0 Å². The smallest absolute Gasteiger partial charge is 0.193 e. The Bertz CT molecular complexity index is 565. The highest BCUT2D eigenvalue weighted by atomic mass is 127. The first-order valence-electron chi connectivity index (χ1n) is 9.85. The average Bonchev–Trinajstić information content (AvgIpc) is 2.70. The fourth-order valence-corrected chi connectivity index (χ4v) is 3.78. The molecule has 0 radical (unpaired) electrons. The van der Waals surface area contributed by atoms with E-state index in [0.29, 0.717) is 6.04 Å². The minimum absolute atomic E-state index is 0. The van der Waals surface area contributed by atoms with Crippen molar-refractivity contribution in [2.24, 2.45) is 4.99 Å². The molecule has 2 heterocycles. The van der Waals surface area contributed by atoms with Crippen molar-refractivity contribution in [1.82, 2.24) is 20.0 Å². The number of rotatable bonds is 4. The van der Waals surface area contributed by atoms with Gasteiger partial charge in [0.15, 0.2) is 5.96 Å². The number of nitrogens with one attached hydrogen (secondary N) is 1. The third-order valence-electron chi connectivity index (χ3n) is 5.63. The highest BCUT2D eigenvalue weighted by molar-refractivity contribution is 14.0. The van der Waals surface area contributed by atoms with Gasteiger partial charge in [-0.05, 0) is 26.1 Å². The third-order valence-corrected chi connectivity index (χ3v) is 5.63. The maximum absolute atomic E-state index is 4.52. The lowest BCUT2D eigenvalue weighted by Gasteiger charge is -2.39. The highest BCUT2D eigenvalue weighted by Crippen LogP contribution is 2.15. The Balaban J connectivity index is 0.00000261. The van der Waals surface area contributed by atoms with Crippen LogP contribution in [-0.2, 0) is 0 Å². The lowest BCUT2D eigenvalue weighted by molar-refractivity contribution is 0.119. The van der Waals surface area contributed by atoms with Gasteiger partial charge < -0.3 is 20.0 Å². The molecule has 1 atom stereocenters. The molecule has 152 valence electrons. The monoisotopic (exact) mass is 486 g/mol. The van der Waals surface area contributed by atoms with Crippen molar-refractivity contribution >= 4 is 35.6 Å². The molecule has 2 fully saturated rings. The predicted molar refractivity (Wildman–Crippen MR) is 126 cm³/mol. The van der Waals surface area contributed by atoms with Crippen molar-refractivity contribution in [3.63, 3.8) is 0 Å². The van der Waals surface area contributed by atoms with E-state index in [9.17, 15) is 0 Å². The van der Waals surface area contributed by atoms with Crippen LogP contribution < -0.4 is 10.2 Å². The van der Waals surface area contributed by atoms with Crippen molar-refractivity contribution in [3.8, 4) is 0 Å². The molecule has 1 aromatic rings. The van der Waals surface area contributed by atoms with Crippen molar-refractivity contribution < 1.29 is 0 Å². The fourth-order valence-electron chi connectivity index (χ4n) is 3.78. The fraction of sp³-hybridized carbons (Fsp3) is 0.650. The van der Waals surface area contributed by atoms with Gasteiger partial charge in [0.1, 0.15) is 0 Å². The zero-order chi connectivity index (χ0) is 18.4. The Morgan fingerprint density at radius 2 is 1.63 bits per heavy atom. The minimum atomic E-state index is 0. The summed E-state index contributed by atoms with van der Waals surface area (Å²) in [6, 6.07) is 11.2. The van der Waals surface area contributed by atoms with Gasteiger partial charge in [-0.15, -0.1) is 24.0 Å². The molecule has 2 aliphatic rings. The molecule has 2 saturated heterocycles. The first kappa shape index (κ1) is 22.2. The molecule has 6 nitrogen and oxygen atoms in total. The molecule has 0 bridgehead atoms. The van der Waals surface area contributed by atoms with E-state index in [4.69, 9.17) is 0 Å². The van der Waals surface area contributed by atoms with Crippen LogP contribution in [0.15, 0.2) is 35.3 Å². The molecule has 7 heteroatoms. The van der Waals surface area contributed by atoms with Crippen LogP contribution in [0.2, 0.25) is 0 Å². The van der Waals surface area contributed by atoms with E-state index in [1.54, 1.807) is 0 Å². The Morgan fingerprint density at radius 1 is 1.00 bits per heavy atom. The summed E-state index contributed by atoms with van der Waals surface area (Å²) in [6.07, 6.45) is 0. The van der Waals surface area contributed by atoms with Gasteiger partial charge in [-0.25, -0.2) is 0 Å². The summed E-state index contributed by atoms with van der Waals surface area (Å²) in [5.41, 5.74) is 1.32. The van der Waals surface area contributed by atoms with Crippen LogP contribution in [0.4, 0.5) is 5.69 Å². The number of hydrogen-bond acceptors (Lipinski definition) is 4. The summed E-state index contributed by atoms with van der Waals surface area (Å²) in [4.78, 5) is 14.3. The van der Waals surface area contributed by atoms with Crippen LogP contribution in [0.3, 0.4) is 0 Å². The highest BCUT2D eigenvalue weighted by Gasteiger charge is 2.22. The molecule has 0 spiro atoms. The molecule has 1 N–H and O–H groups in total. The third kappa shape index (κ3) is 6.22. The molecule has 2 aliphatic heterocycles. The second-order valence-electron chi connectivity index (χ2n) is 7.43. The number of para-hydroxylation sites is 1. The molecule has 1 aromatic carbocycles. The molecule has 1 unspecified atom stereocenters. The van der Waals surface area contributed by atoms with Gasteiger partial charge in [-0.3, -0.25) is 9.89 Å². The Kier molecular flexibility index (Phi) is 9.11. The summed E-state index contributed by atoms with van der Waals surface area (Å²) in [6.45, 7) is 12.0. The Labute approximate surface area is 181 Å². The predicted octanol–water partition coefficient (Wildman–Crippen LogP) is 1.64. The van der Waals surface area contributed by atoms with Gasteiger partial charge in [0.25, 0.3) is 0 Å². The molecule has 0 saturated carbocycles. The number of aliphatic imine (C=N–C) groups is 1. The van der Waals surface area contributed by atoms with Crippen molar-refractivity contribution in [2.75, 3.05) is 77.9 Å². The Hall–Kier alpha value is -1.06. The van der Waals surface area contributed by atoms with Gasteiger partial charge in [0.2, 0.25) is 0 Å². The maximum atomic E-state index is 4.52. The number of likely N-dealkylation sites (N-methyl/N-ethyl adjacent to an activating group) is 1. The minimum Gasteiger partial charge on any atom is -0.368 e. The summed E-state index contributed by atoms with van der Waals surface area (Å²) in [7, 11) is 4.10. The van der Waals surface area contributed by atoms with E-state index in [0.717, 1.165) is 51.8 Å². The van der Waals surface area contributed by atoms with E-state index in [-0.39, 0.29) is 24.0 Å². The molecule has 0 amide bonds. The number of hydrogen-bond donors (Lipinski definition) is 1. The van der Waals surface area contributed by atoms with E-state index < -0.39 is 0 Å². The molecular formula is C20H35IN6. The van der Waals surface area contributed by atoms with Gasteiger partial charge in [0, 0.05) is 77.7 Å². The molecule has 0 aromatic heterocycles. The van der Waals surface area contributed by atoms with Crippen LogP contribution in [-0.4, -0.2) is 99.7 Å². The quantitative estimate of drug-likeness (QED) is 0.398. The lowest BCUT2D eigenvalue weighted by Crippen LogP contribution is -2.55. The standard InChI is InChI=1S/C20H34N6.HI/c1-18(24-11-9-23(3)10-12-24)17-22-20(21-2)26-15-13-25(14-16-26)19-7-5-4-6-8-19;/h4-8,18H,9-17H2,1-3H3,(H,21,22);1H. The number of piperazine rings is 2. The van der Waals surface area contributed by atoms with Crippen molar-refractivity contribution in [3.05, 3.63) is 30.3 Å². The molecule has 27 heavy (non-hydrogen) atoms. The molecular weight excluding hydrogens is 451 g/mol. The normalized spacial score (nSPS) is 20.9. The maximum Gasteiger partial charge on any atom is 0.193 e. The summed E-state index contributed by atoms with van der Waals surface area (Å²) in [5, 5.41) is 3.60. The zero-order valence-corrected chi connectivity index (χ0v) is 19.3. The van der Waals surface area contributed by atoms with Gasteiger partial charge in [-0.1, -0.05) is 18.2 Å². The lowest BCUT2D eigenvalue weighted by atomic mass is 10.2. The number of benzene rings is 1. The van der Waals surface area contributed by atoms with Gasteiger partial charge in [0.05, 0.1) is 0 Å². The largest absolute Gasteiger partial charge is 0.368 e. The van der Waals surface area contributed by atoms with Crippen LogP contribution in [0, 0.1) is 0 Å². The molecule has 0 aliphatic carbocycles. The van der Waals surface area contributed by atoms with Gasteiger partial charge in [-0.2, -0.15) is 0 Å². The molecule has 3 rings (SSSR count). The van der Waals surface area contributed by atoms with Crippen LogP contribution >= 0.6 is 24.0 Å². The summed E-state index contributed by atoms with van der Waals surface area (Å²) >= 11 is 0. The topological polar surface area (TPSA) is 37.4 Å². The first-order chi connectivity index (χ1) is 12.7. The number of nitrogens with zero attached hydrogens (tertiary/aromatic N) is 5. The first-order valence-corrected chi connectivity index (χ1v) is 9.85. The number of halogens is 1. The average molecular weight is 486 g/mol. The van der Waals surface area contributed by atoms with E-state index in [1.165, 1.54) is 18.8 Å². The van der Waals surface area contributed by atoms with Crippen LogP contribution in [0.25, 0.3) is 0 Å². The van der Waals surface area contributed by atoms with E-state index in [2.05, 4.69) is 74.2 Å². The Morgan fingerprint density at radius 3 is 2.22 bits per heavy atom. The second kappa shape index (κ2) is 11.1. The summed E-state index contributed by atoms with van der Waals surface area (Å²) in [5.74, 6) is 1.04. The summed E-state index contributed by atoms with van der Waals surface area (Å²) < 4.78 is 0. The van der Waals surface area contributed by atoms with E-state index in [1.807, 2.05) is 7.05 Å². The van der Waals surface area contributed by atoms with Crippen LogP contribution in [0.5, 0.6) is 0 Å². The zero-order valence-electron chi connectivity index (χ0n) is 17.0. The van der Waals surface area contributed by atoms with Crippen molar-refractivity contribution in [1.29, 1.82) is 0 Å². The second-order valence-corrected chi connectivity index (χ2v) is 7.43. The number of anilines is 1. The van der Waals surface area contributed by atoms with E-state index >= 15 is 0 Å². The SMILES string of the molecule is CN=C(NCC(C)N1CCN(C)CC1)N1CCN(c2ccccc2)CC1.I. The van der Waals surface area contributed by atoms with Crippen molar-refractivity contribution in [2.45, 2.75) is 13.0 Å². The van der Waals surface area contributed by atoms with Crippen LogP contribution in [0.1, 0.15) is 6.92 Å². The number of guanidine groups is 1.